The Bertz CT molecular complexity index is 920. The lowest BCUT2D eigenvalue weighted by atomic mass is 10.0. The average molecular weight is 406 g/mol. The van der Waals surface area contributed by atoms with E-state index in [9.17, 15) is 18.0 Å². The Labute approximate surface area is 164 Å². The molecule has 28 heavy (non-hydrogen) atoms. The molecule has 0 bridgehead atoms. The highest BCUT2D eigenvalue weighted by Gasteiger charge is 2.32. The van der Waals surface area contributed by atoms with E-state index in [4.69, 9.17) is 0 Å². The SMILES string of the molecule is C=CC(=O)Nc1ccc(S(=CC)N2CCCc3ccc(C(F)(F)F)cc32)cc1. The Hall–Kier alpha value is -2.54. The molecule has 148 valence electrons. The van der Waals surface area contributed by atoms with Crippen LogP contribution in [0.4, 0.5) is 24.5 Å². The highest BCUT2D eigenvalue weighted by Crippen LogP contribution is 2.42. The molecular weight excluding hydrogens is 385 g/mol. The first-order valence-electron chi connectivity index (χ1n) is 8.87. The zero-order valence-corrected chi connectivity index (χ0v) is 16.2. The van der Waals surface area contributed by atoms with Crippen LogP contribution in [-0.4, -0.2) is 17.8 Å². The molecule has 1 N–H and O–H groups in total. The third-order valence-electron chi connectivity index (χ3n) is 4.50. The van der Waals surface area contributed by atoms with Gasteiger partial charge in [-0.3, -0.25) is 4.79 Å². The van der Waals surface area contributed by atoms with Gasteiger partial charge in [0.1, 0.15) is 0 Å². The maximum Gasteiger partial charge on any atom is 0.416 e. The van der Waals surface area contributed by atoms with Gasteiger partial charge < -0.3 is 9.62 Å². The van der Waals surface area contributed by atoms with Crippen molar-refractivity contribution < 1.29 is 18.0 Å². The number of hydrogen-bond acceptors (Lipinski definition) is 2. The van der Waals surface area contributed by atoms with Gasteiger partial charge in [0.2, 0.25) is 5.91 Å². The molecule has 1 unspecified atom stereocenters. The fraction of sp³-hybridized carbons (Fsp3) is 0.238. The predicted octanol–water partition coefficient (Wildman–Crippen LogP) is 5.65. The lowest BCUT2D eigenvalue weighted by molar-refractivity contribution is -0.137. The molecule has 1 atom stereocenters. The Kier molecular flexibility index (Phi) is 5.93. The van der Waals surface area contributed by atoms with Crippen molar-refractivity contribution in [1.29, 1.82) is 0 Å². The highest BCUT2D eigenvalue weighted by atomic mass is 32.2. The Morgan fingerprint density at radius 1 is 1.21 bits per heavy atom. The summed E-state index contributed by atoms with van der Waals surface area (Å²) in [6.45, 7) is 6.03. The summed E-state index contributed by atoms with van der Waals surface area (Å²) in [6.07, 6.45) is -1.50. The summed E-state index contributed by atoms with van der Waals surface area (Å²) in [7, 11) is -0.492. The number of fused-ring (bicyclic) bond motifs is 1. The van der Waals surface area contributed by atoms with E-state index in [0.29, 0.717) is 17.9 Å². The molecule has 0 fully saturated rings. The van der Waals surface area contributed by atoms with Gasteiger partial charge >= 0.3 is 6.18 Å². The number of nitrogens with zero attached hydrogens (tertiary/aromatic N) is 1. The molecule has 3 rings (SSSR count). The number of rotatable bonds is 4. The number of carbonyl (C=O) groups is 1. The molecule has 0 saturated carbocycles. The van der Waals surface area contributed by atoms with Crippen LogP contribution in [0.3, 0.4) is 0 Å². The van der Waals surface area contributed by atoms with E-state index in [2.05, 4.69) is 11.9 Å². The van der Waals surface area contributed by atoms with Crippen molar-refractivity contribution in [2.75, 3.05) is 16.2 Å². The number of benzene rings is 2. The quantitative estimate of drug-likeness (QED) is 0.526. The zero-order chi connectivity index (χ0) is 20.3. The van der Waals surface area contributed by atoms with Crippen molar-refractivity contribution in [3.05, 3.63) is 66.2 Å². The molecule has 3 nitrogen and oxygen atoms in total. The maximum atomic E-state index is 13.2. The molecule has 0 radical (unpaired) electrons. The molecule has 0 saturated heterocycles. The second-order valence-electron chi connectivity index (χ2n) is 6.31. The van der Waals surface area contributed by atoms with E-state index in [1.54, 1.807) is 18.2 Å². The third-order valence-corrected chi connectivity index (χ3v) is 6.55. The van der Waals surface area contributed by atoms with Gasteiger partial charge in [-0.2, -0.15) is 13.2 Å². The standard InChI is InChI=1S/C21H21F3N2OS/c1-3-20(27)25-17-9-11-18(12-10-17)28(4-2)26-13-5-6-15-7-8-16(14-19(15)26)21(22,23)24/h3-4,7-12,14H,1,5-6,13H2,2H3,(H,25,27). The van der Waals surface area contributed by atoms with Crippen molar-refractivity contribution >= 4 is 33.3 Å². The van der Waals surface area contributed by atoms with Gasteiger partial charge in [-0.05, 0) is 73.2 Å². The summed E-state index contributed by atoms with van der Waals surface area (Å²) in [6, 6.07) is 11.4. The molecule has 1 aliphatic rings. The topological polar surface area (TPSA) is 32.3 Å². The summed E-state index contributed by atoms with van der Waals surface area (Å²) in [4.78, 5) is 12.4. The minimum absolute atomic E-state index is 0.293. The molecule has 1 heterocycles. The first kappa shape index (κ1) is 20.2. The third kappa shape index (κ3) is 4.30. The van der Waals surface area contributed by atoms with E-state index in [-0.39, 0.29) is 5.91 Å². The predicted molar refractivity (Wildman–Crippen MR) is 110 cm³/mol. The van der Waals surface area contributed by atoms with Crippen molar-refractivity contribution in [2.24, 2.45) is 0 Å². The van der Waals surface area contributed by atoms with Crippen LogP contribution in [-0.2, 0) is 17.4 Å². The van der Waals surface area contributed by atoms with Crippen LogP contribution in [0.2, 0.25) is 0 Å². The fourth-order valence-electron chi connectivity index (χ4n) is 3.18. The smallest absolute Gasteiger partial charge is 0.323 e. The molecule has 1 aliphatic heterocycles. The van der Waals surface area contributed by atoms with Crippen LogP contribution in [0.15, 0.2) is 60.0 Å². The second kappa shape index (κ2) is 8.22. The van der Waals surface area contributed by atoms with Crippen molar-refractivity contribution in [3.8, 4) is 0 Å². The molecule has 7 heteroatoms. The van der Waals surface area contributed by atoms with Crippen LogP contribution >= 0.6 is 10.7 Å². The highest BCUT2D eigenvalue weighted by molar-refractivity contribution is 8.16. The maximum absolute atomic E-state index is 13.2. The van der Waals surface area contributed by atoms with Gasteiger partial charge in [0.15, 0.2) is 0 Å². The number of halogens is 3. The molecule has 0 aliphatic carbocycles. The number of aryl methyl sites for hydroxylation is 1. The number of carbonyl (C=O) groups excluding carboxylic acids is 1. The molecule has 2 aromatic carbocycles. The van der Waals surface area contributed by atoms with Crippen molar-refractivity contribution in [3.63, 3.8) is 0 Å². The van der Waals surface area contributed by atoms with Gasteiger partial charge in [0.25, 0.3) is 0 Å². The fourth-order valence-corrected chi connectivity index (χ4v) is 5.09. The van der Waals surface area contributed by atoms with E-state index in [1.807, 2.05) is 28.7 Å². The number of hydrogen-bond donors (Lipinski definition) is 1. The van der Waals surface area contributed by atoms with Gasteiger partial charge in [0.05, 0.1) is 11.3 Å². The Morgan fingerprint density at radius 3 is 2.54 bits per heavy atom. The molecule has 1 amide bonds. The number of nitrogens with one attached hydrogen (secondary N) is 1. The van der Waals surface area contributed by atoms with Crippen LogP contribution in [0.5, 0.6) is 0 Å². The second-order valence-corrected chi connectivity index (χ2v) is 8.33. The van der Waals surface area contributed by atoms with E-state index in [1.165, 1.54) is 12.1 Å². The van der Waals surface area contributed by atoms with E-state index >= 15 is 0 Å². The van der Waals surface area contributed by atoms with Crippen molar-refractivity contribution in [1.82, 2.24) is 0 Å². The average Bonchev–Trinajstić information content (AvgIpc) is 2.68. The normalized spacial score (nSPS) is 15.1. The summed E-state index contributed by atoms with van der Waals surface area (Å²) in [5.41, 5.74) is 1.60. The number of amides is 1. The van der Waals surface area contributed by atoms with E-state index < -0.39 is 22.4 Å². The first-order chi connectivity index (χ1) is 13.3. The van der Waals surface area contributed by atoms with Gasteiger partial charge in [-0.25, -0.2) is 0 Å². The van der Waals surface area contributed by atoms with Crippen molar-refractivity contribution in [2.45, 2.75) is 30.8 Å². The monoisotopic (exact) mass is 406 g/mol. The Balaban J connectivity index is 1.94. The molecular formula is C21H21F3N2OS. The van der Waals surface area contributed by atoms with Crippen LogP contribution in [0, 0.1) is 0 Å². The zero-order valence-electron chi connectivity index (χ0n) is 15.4. The van der Waals surface area contributed by atoms with Gasteiger partial charge in [-0.1, -0.05) is 23.3 Å². The van der Waals surface area contributed by atoms with E-state index in [0.717, 1.165) is 29.4 Å². The lowest BCUT2D eigenvalue weighted by Gasteiger charge is -2.34. The van der Waals surface area contributed by atoms with Crippen LogP contribution in [0.1, 0.15) is 24.5 Å². The number of anilines is 2. The lowest BCUT2D eigenvalue weighted by Crippen LogP contribution is -2.25. The summed E-state index contributed by atoms with van der Waals surface area (Å²) < 4.78 is 41.7. The Morgan fingerprint density at radius 2 is 1.93 bits per heavy atom. The molecule has 2 aromatic rings. The molecule has 0 aromatic heterocycles. The first-order valence-corrected chi connectivity index (χ1v) is 10.1. The summed E-state index contributed by atoms with van der Waals surface area (Å²) >= 11 is 0. The minimum atomic E-state index is -4.36. The number of alkyl halides is 3. The van der Waals surface area contributed by atoms with Gasteiger partial charge in [0, 0.05) is 17.1 Å². The van der Waals surface area contributed by atoms with Crippen LogP contribution < -0.4 is 9.62 Å². The largest absolute Gasteiger partial charge is 0.416 e. The van der Waals surface area contributed by atoms with Crippen LogP contribution in [0.25, 0.3) is 0 Å². The molecule has 0 spiro atoms. The summed E-state index contributed by atoms with van der Waals surface area (Å²) in [5, 5.41) is 4.70. The van der Waals surface area contributed by atoms with Gasteiger partial charge in [-0.15, -0.1) is 0 Å². The summed E-state index contributed by atoms with van der Waals surface area (Å²) in [5.74, 6) is -0.293. The minimum Gasteiger partial charge on any atom is -0.323 e.